The number of nitrogens with one attached hydrogen (secondary N) is 1. The topological polar surface area (TPSA) is 61.4 Å². The lowest BCUT2D eigenvalue weighted by atomic mass is 10.0. The molecule has 1 aliphatic rings. The molecule has 6 nitrogen and oxygen atoms in total. The van der Waals surface area contributed by atoms with Crippen LogP contribution in [0, 0.1) is 0 Å². The normalized spacial score (nSPS) is 19.2. The van der Waals surface area contributed by atoms with Gasteiger partial charge >= 0.3 is 0 Å². The standard InChI is InChI=1S/C14H23N5O/c1-4-16-13-9-15-8-12(17-13)14(20)19-7-5-6-11(10-19)18(2)3/h8-9,11H,4-7,10H2,1-3H3,(H,16,17). The summed E-state index contributed by atoms with van der Waals surface area (Å²) in [6.45, 7) is 4.32. The number of hydrogen-bond acceptors (Lipinski definition) is 5. The Morgan fingerprint density at radius 1 is 1.50 bits per heavy atom. The highest BCUT2D eigenvalue weighted by molar-refractivity contribution is 5.92. The van der Waals surface area contributed by atoms with Crippen LogP contribution in [0.25, 0.3) is 0 Å². The first-order valence-corrected chi connectivity index (χ1v) is 7.13. The number of amides is 1. The van der Waals surface area contributed by atoms with E-state index in [9.17, 15) is 4.79 Å². The summed E-state index contributed by atoms with van der Waals surface area (Å²) in [5.74, 6) is 0.628. The Morgan fingerprint density at radius 2 is 2.30 bits per heavy atom. The molecule has 0 radical (unpaired) electrons. The van der Waals surface area contributed by atoms with Crippen molar-refractivity contribution in [2.45, 2.75) is 25.8 Å². The van der Waals surface area contributed by atoms with Gasteiger partial charge in [-0.1, -0.05) is 0 Å². The van der Waals surface area contributed by atoms with Crippen LogP contribution in [0.2, 0.25) is 0 Å². The molecule has 6 heteroatoms. The molecule has 0 aromatic carbocycles. The Morgan fingerprint density at radius 3 is 3.00 bits per heavy atom. The SMILES string of the molecule is CCNc1cncc(C(=O)N2CCCC(N(C)C)C2)n1. The molecule has 2 heterocycles. The molecule has 110 valence electrons. The van der Waals surface area contributed by atoms with E-state index in [2.05, 4.69) is 34.3 Å². The first kappa shape index (κ1) is 14.7. The van der Waals surface area contributed by atoms with Crippen molar-refractivity contribution >= 4 is 11.7 Å². The van der Waals surface area contributed by atoms with Crippen molar-refractivity contribution in [3.05, 3.63) is 18.1 Å². The second-order valence-electron chi connectivity index (χ2n) is 5.33. The van der Waals surface area contributed by atoms with Gasteiger partial charge < -0.3 is 15.1 Å². The summed E-state index contributed by atoms with van der Waals surface area (Å²) < 4.78 is 0. The predicted octanol–water partition coefficient (Wildman–Crippen LogP) is 1.07. The van der Waals surface area contributed by atoms with Gasteiger partial charge in [-0.05, 0) is 33.9 Å². The minimum Gasteiger partial charge on any atom is -0.369 e. The maximum absolute atomic E-state index is 12.5. The zero-order valence-corrected chi connectivity index (χ0v) is 12.5. The van der Waals surface area contributed by atoms with Crippen LogP contribution < -0.4 is 5.32 Å². The highest BCUT2D eigenvalue weighted by atomic mass is 16.2. The third-order valence-corrected chi connectivity index (χ3v) is 3.63. The number of piperidine rings is 1. The Hall–Kier alpha value is -1.69. The minimum atomic E-state index is -0.0243. The Balaban J connectivity index is 2.08. The molecule has 1 N–H and O–H groups in total. The molecule has 2 rings (SSSR count). The molecule has 1 aromatic rings. The molecule has 1 fully saturated rings. The van der Waals surface area contributed by atoms with Crippen molar-refractivity contribution in [2.75, 3.05) is 39.0 Å². The molecule has 1 unspecified atom stereocenters. The highest BCUT2D eigenvalue weighted by Gasteiger charge is 2.26. The molecule has 1 aliphatic heterocycles. The fraction of sp³-hybridized carbons (Fsp3) is 0.643. The van der Waals surface area contributed by atoms with Gasteiger partial charge in [-0.15, -0.1) is 0 Å². The summed E-state index contributed by atoms with van der Waals surface area (Å²) in [6.07, 6.45) is 5.36. The fourth-order valence-electron chi connectivity index (χ4n) is 2.46. The van der Waals surface area contributed by atoms with E-state index in [1.807, 2.05) is 11.8 Å². The second-order valence-corrected chi connectivity index (χ2v) is 5.33. The molecule has 1 aromatic heterocycles. The summed E-state index contributed by atoms with van der Waals surface area (Å²) in [7, 11) is 4.12. The average molecular weight is 277 g/mol. The Kier molecular flexibility index (Phi) is 4.89. The third-order valence-electron chi connectivity index (χ3n) is 3.63. The van der Waals surface area contributed by atoms with E-state index in [-0.39, 0.29) is 5.91 Å². The summed E-state index contributed by atoms with van der Waals surface area (Å²) in [5, 5.41) is 3.08. The van der Waals surface area contributed by atoms with E-state index in [0.717, 1.165) is 32.5 Å². The van der Waals surface area contributed by atoms with Gasteiger partial charge in [-0.25, -0.2) is 4.98 Å². The van der Waals surface area contributed by atoms with Gasteiger partial charge in [0.2, 0.25) is 0 Å². The Bertz CT molecular complexity index is 463. The van der Waals surface area contributed by atoms with Crippen LogP contribution in [-0.2, 0) is 0 Å². The zero-order valence-electron chi connectivity index (χ0n) is 12.5. The molecular weight excluding hydrogens is 254 g/mol. The second kappa shape index (κ2) is 6.65. The lowest BCUT2D eigenvalue weighted by molar-refractivity contribution is 0.0629. The van der Waals surface area contributed by atoms with Gasteiger partial charge in [-0.2, -0.15) is 0 Å². The van der Waals surface area contributed by atoms with Gasteiger partial charge in [0.25, 0.3) is 5.91 Å². The summed E-state index contributed by atoms with van der Waals surface area (Å²) in [5.41, 5.74) is 0.419. The van der Waals surface area contributed by atoms with E-state index in [1.54, 1.807) is 12.4 Å². The number of anilines is 1. The molecule has 0 bridgehead atoms. The lowest BCUT2D eigenvalue weighted by Gasteiger charge is -2.35. The van der Waals surface area contributed by atoms with Crippen molar-refractivity contribution in [2.24, 2.45) is 0 Å². The number of carbonyl (C=O) groups excluding carboxylic acids is 1. The van der Waals surface area contributed by atoms with Crippen molar-refractivity contribution in [3.63, 3.8) is 0 Å². The summed E-state index contributed by atoms with van der Waals surface area (Å²) >= 11 is 0. The third kappa shape index (κ3) is 3.45. The van der Waals surface area contributed by atoms with Gasteiger partial charge in [0.15, 0.2) is 0 Å². The molecule has 20 heavy (non-hydrogen) atoms. The quantitative estimate of drug-likeness (QED) is 0.892. The molecule has 1 saturated heterocycles. The predicted molar refractivity (Wildman–Crippen MR) is 78.8 cm³/mol. The van der Waals surface area contributed by atoms with Crippen LogP contribution in [0.3, 0.4) is 0 Å². The van der Waals surface area contributed by atoms with E-state index in [0.29, 0.717) is 17.6 Å². The van der Waals surface area contributed by atoms with Crippen LogP contribution in [0.5, 0.6) is 0 Å². The lowest BCUT2D eigenvalue weighted by Crippen LogP contribution is -2.47. The van der Waals surface area contributed by atoms with Gasteiger partial charge in [0.05, 0.1) is 12.4 Å². The smallest absolute Gasteiger partial charge is 0.274 e. The zero-order chi connectivity index (χ0) is 14.5. The van der Waals surface area contributed by atoms with E-state index >= 15 is 0 Å². The molecule has 0 saturated carbocycles. The van der Waals surface area contributed by atoms with Gasteiger partial charge in [-0.3, -0.25) is 9.78 Å². The minimum absolute atomic E-state index is 0.0243. The summed E-state index contributed by atoms with van der Waals surface area (Å²) in [4.78, 5) is 25.0. The molecule has 1 atom stereocenters. The maximum Gasteiger partial charge on any atom is 0.274 e. The molecule has 0 aliphatic carbocycles. The van der Waals surface area contributed by atoms with Crippen LogP contribution in [0.4, 0.5) is 5.82 Å². The van der Waals surface area contributed by atoms with Crippen LogP contribution in [0.15, 0.2) is 12.4 Å². The van der Waals surface area contributed by atoms with E-state index < -0.39 is 0 Å². The first-order valence-electron chi connectivity index (χ1n) is 7.13. The average Bonchev–Trinajstić information content (AvgIpc) is 2.47. The van der Waals surface area contributed by atoms with E-state index in [1.165, 1.54) is 0 Å². The molecule has 0 spiro atoms. The maximum atomic E-state index is 12.5. The summed E-state index contributed by atoms with van der Waals surface area (Å²) in [6, 6.07) is 0.428. The highest BCUT2D eigenvalue weighted by Crippen LogP contribution is 2.16. The van der Waals surface area contributed by atoms with Gasteiger partial charge in [0, 0.05) is 25.7 Å². The number of aromatic nitrogens is 2. The van der Waals surface area contributed by atoms with Crippen LogP contribution >= 0.6 is 0 Å². The van der Waals surface area contributed by atoms with Crippen molar-refractivity contribution in [1.82, 2.24) is 19.8 Å². The monoisotopic (exact) mass is 277 g/mol. The van der Waals surface area contributed by atoms with Crippen LogP contribution in [0.1, 0.15) is 30.3 Å². The fourth-order valence-corrected chi connectivity index (χ4v) is 2.46. The van der Waals surface area contributed by atoms with Crippen molar-refractivity contribution < 1.29 is 4.79 Å². The molecular formula is C14H23N5O. The number of rotatable bonds is 4. The number of likely N-dealkylation sites (N-methyl/N-ethyl adjacent to an activating group) is 1. The number of nitrogens with zero attached hydrogens (tertiary/aromatic N) is 4. The van der Waals surface area contributed by atoms with Gasteiger partial charge in [0.1, 0.15) is 11.5 Å². The van der Waals surface area contributed by atoms with Crippen molar-refractivity contribution in [3.8, 4) is 0 Å². The van der Waals surface area contributed by atoms with E-state index in [4.69, 9.17) is 0 Å². The Labute approximate surface area is 120 Å². The number of likely N-dealkylation sites (tertiary alicyclic amines) is 1. The van der Waals surface area contributed by atoms with Crippen molar-refractivity contribution in [1.29, 1.82) is 0 Å². The number of carbonyl (C=O) groups is 1. The molecule has 1 amide bonds. The largest absolute Gasteiger partial charge is 0.369 e. The first-order chi connectivity index (χ1) is 9.61. The number of hydrogen-bond donors (Lipinski definition) is 1. The van der Waals surface area contributed by atoms with Crippen LogP contribution in [-0.4, -0.2) is 65.4 Å².